The zero-order valence-corrected chi connectivity index (χ0v) is 12.6. The largest absolute Gasteiger partial charge is 0.493 e. The van der Waals surface area contributed by atoms with Gasteiger partial charge >= 0.3 is 0 Å². The molecule has 1 atom stereocenters. The first kappa shape index (κ1) is 13.5. The number of rotatable bonds is 2. The van der Waals surface area contributed by atoms with Crippen LogP contribution in [0.15, 0.2) is 16.7 Å². The fourth-order valence-electron chi connectivity index (χ4n) is 3.23. The topological polar surface area (TPSA) is 35.3 Å². The standard InChI is InChI=1S/C17H23NO2/c1-12-16-13(19-15-10-7-11-17(15,2)3)8-5-4-6-9-14(16)20-18-12/h4,6,9,15H,5,7-8,10-11H2,1-3H3. The zero-order valence-electron chi connectivity index (χ0n) is 12.6. The molecule has 0 saturated heterocycles. The lowest BCUT2D eigenvalue weighted by Gasteiger charge is -2.28. The van der Waals surface area contributed by atoms with E-state index in [1.807, 2.05) is 19.1 Å². The molecule has 0 aromatic carbocycles. The van der Waals surface area contributed by atoms with Gasteiger partial charge in [-0.1, -0.05) is 31.2 Å². The summed E-state index contributed by atoms with van der Waals surface area (Å²) in [5.74, 6) is 1.05. The number of nitrogens with zero attached hydrogens (tertiary/aromatic N) is 1. The van der Waals surface area contributed by atoms with Gasteiger partial charge in [0.1, 0.15) is 11.9 Å². The maximum Gasteiger partial charge on any atom is 0.170 e. The Morgan fingerprint density at radius 3 is 3.00 bits per heavy atom. The molecule has 1 fully saturated rings. The van der Waals surface area contributed by atoms with E-state index >= 15 is 0 Å². The Labute approximate surface area is 120 Å². The van der Waals surface area contributed by atoms with Crippen molar-refractivity contribution in [3.63, 3.8) is 0 Å². The third kappa shape index (κ3) is 2.41. The fourth-order valence-corrected chi connectivity index (χ4v) is 3.23. The van der Waals surface area contributed by atoms with Gasteiger partial charge in [0.25, 0.3) is 0 Å². The van der Waals surface area contributed by atoms with E-state index in [1.54, 1.807) is 0 Å². The van der Waals surface area contributed by atoms with Crippen molar-refractivity contribution in [2.75, 3.05) is 0 Å². The molecule has 0 aliphatic heterocycles. The Morgan fingerprint density at radius 1 is 1.40 bits per heavy atom. The molecule has 1 saturated carbocycles. The van der Waals surface area contributed by atoms with Crippen LogP contribution in [-0.2, 0) is 4.74 Å². The summed E-state index contributed by atoms with van der Waals surface area (Å²) in [7, 11) is 0. The minimum atomic E-state index is 0.264. The van der Waals surface area contributed by atoms with Crippen LogP contribution < -0.4 is 10.6 Å². The molecule has 1 heterocycles. The molecule has 0 amide bonds. The van der Waals surface area contributed by atoms with E-state index in [0.29, 0.717) is 6.10 Å². The van der Waals surface area contributed by atoms with Crippen LogP contribution in [-0.4, -0.2) is 11.3 Å². The molecule has 0 bridgehead atoms. The zero-order chi connectivity index (χ0) is 14.2. The maximum absolute atomic E-state index is 6.43. The van der Waals surface area contributed by atoms with Crippen molar-refractivity contribution in [2.24, 2.45) is 5.41 Å². The summed E-state index contributed by atoms with van der Waals surface area (Å²) in [5, 5.41) is 5.17. The summed E-state index contributed by atoms with van der Waals surface area (Å²) >= 11 is 0. The second-order valence-electron chi connectivity index (χ2n) is 6.55. The second-order valence-corrected chi connectivity index (χ2v) is 6.55. The van der Waals surface area contributed by atoms with E-state index in [-0.39, 0.29) is 5.41 Å². The predicted octanol–water partition coefficient (Wildman–Crippen LogP) is 2.82. The summed E-state index contributed by atoms with van der Waals surface area (Å²) in [6.07, 6.45) is 12.1. The van der Waals surface area contributed by atoms with Crippen LogP contribution in [0.5, 0.6) is 0 Å². The first-order valence-electron chi connectivity index (χ1n) is 7.57. The molecule has 0 radical (unpaired) electrons. The lowest BCUT2D eigenvalue weighted by atomic mass is 9.89. The number of aryl methyl sites for hydroxylation is 1. The molecule has 3 nitrogen and oxygen atoms in total. The van der Waals surface area contributed by atoms with Crippen molar-refractivity contribution in [1.82, 2.24) is 5.16 Å². The van der Waals surface area contributed by atoms with Crippen LogP contribution >= 0.6 is 0 Å². The average Bonchev–Trinajstić information content (AvgIpc) is 2.87. The van der Waals surface area contributed by atoms with Crippen LogP contribution in [0.1, 0.15) is 51.6 Å². The summed E-state index contributed by atoms with van der Waals surface area (Å²) in [6, 6.07) is 0. The fraction of sp³-hybridized carbons (Fsp3) is 0.588. The Morgan fingerprint density at radius 2 is 2.25 bits per heavy atom. The number of ether oxygens (including phenoxy) is 1. The second kappa shape index (κ2) is 5.12. The molecule has 1 unspecified atom stereocenters. The highest BCUT2D eigenvalue weighted by molar-refractivity contribution is 5.44. The highest BCUT2D eigenvalue weighted by Gasteiger charge is 2.36. The number of aromatic nitrogens is 1. The molecular formula is C17H23NO2. The first-order valence-corrected chi connectivity index (χ1v) is 7.57. The number of hydrogen-bond acceptors (Lipinski definition) is 3. The van der Waals surface area contributed by atoms with E-state index in [1.165, 1.54) is 12.8 Å². The minimum absolute atomic E-state index is 0.264. The van der Waals surface area contributed by atoms with Gasteiger partial charge in [0.2, 0.25) is 0 Å². The van der Waals surface area contributed by atoms with Gasteiger partial charge in [0, 0.05) is 11.8 Å². The summed E-state index contributed by atoms with van der Waals surface area (Å²) < 4.78 is 11.8. The number of fused-ring (bicyclic) bond motifs is 1. The van der Waals surface area contributed by atoms with Crippen LogP contribution in [0.2, 0.25) is 0 Å². The van der Waals surface area contributed by atoms with Crippen molar-refractivity contribution < 1.29 is 9.26 Å². The van der Waals surface area contributed by atoms with E-state index in [4.69, 9.17) is 9.26 Å². The molecule has 0 N–H and O–H groups in total. The Kier molecular flexibility index (Phi) is 3.45. The molecule has 3 heteroatoms. The Bertz CT molecular complexity index is 636. The summed E-state index contributed by atoms with van der Waals surface area (Å²) in [6.45, 7) is 6.60. The highest BCUT2D eigenvalue weighted by atomic mass is 16.5. The van der Waals surface area contributed by atoms with Crippen LogP contribution in [0.3, 0.4) is 0 Å². The molecule has 2 aliphatic rings. The molecule has 2 aliphatic carbocycles. The van der Waals surface area contributed by atoms with Gasteiger partial charge in [-0.3, -0.25) is 0 Å². The van der Waals surface area contributed by atoms with E-state index in [2.05, 4.69) is 25.1 Å². The van der Waals surface area contributed by atoms with Crippen LogP contribution in [0.4, 0.5) is 0 Å². The molecular weight excluding hydrogens is 250 g/mol. The number of allylic oxidation sites excluding steroid dienone is 2. The van der Waals surface area contributed by atoms with Gasteiger partial charge in [-0.05, 0) is 38.7 Å². The third-order valence-electron chi connectivity index (χ3n) is 4.53. The van der Waals surface area contributed by atoms with E-state index in [0.717, 1.165) is 41.3 Å². The van der Waals surface area contributed by atoms with Gasteiger partial charge in [0.15, 0.2) is 5.42 Å². The monoisotopic (exact) mass is 273 g/mol. The molecule has 0 spiro atoms. The van der Waals surface area contributed by atoms with Gasteiger partial charge in [-0.15, -0.1) is 0 Å². The Balaban J connectivity index is 2.04. The van der Waals surface area contributed by atoms with Crippen molar-refractivity contribution in [3.05, 3.63) is 28.5 Å². The van der Waals surface area contributed by atoms with Crippen molar-refractivity contribution in [1.29, 1.82) is 0 Å². The maximum atomic E-state index is 6.43. The SMILES string of the molecule is Cc1noc2c1=C(OC1CCCC1(C)C)CCC=CC=2. The normalized spacial score (nSPS) is 24.8. The summed E-state index contributed by atoms with van der Waals surface area (Å²) in [4.78, 5) is 0. The van der Waals surface area contributed by atoms with E-state index in [9.17, 15) is 0 Å². The average molecular weight is 273 g/mol. The quantitative estimate of drug-likeness (QED) is 0.831. The molecule has 20 heavy (non-hydrogen) atoms. The van der Waals surface area contributed by atoms with Crippen molar-refractivity contribution >= 4 is 11.8 Å². The lowest BCUT2D eigenvalue weighted by molar-refractivity contribution is 0.0702. The predicted molar refractivity (Wildman–Crippen MR) is 79.2 cm³/mol. The van der Waals surface area contributed by atoms with Gasteiger partial charge in [0.05, 0.1) is 10.9 Å². The van der Waals surface area contributed by atoms with Crippen LogP contribution in [0, 0.1) is 12.3 Å². The van der Waals surface area contributed by atoms with Gasteiger partial charge in [-0.2, -0.15) is 0 Å². The third-order valence-corrected chi connectivity index (χ3v) is 4.53. The Hall–Kier alpha value is -1.51. The molecule has 1 aromatic heterocycles. The van der Waals surface area contributed by atoms with Crippen LogP contribution in [0.25, 0.3) is 11.8 Å². The number of hydrogen-bond donors (Lipinski definition) is 0. The van der Waals surface area contributed by atoms with Gasteiger partial charge < -0.3 is 9.26 Å². The molecule has 1 aromatic rings. The van der Waals surface area contributed by atoms with E-state index < -0.39 is 0 Å². The minimum Gasteiger partial charge on any atom is -0.493 e. The van der Waals surface area contributed by atoms with Gasteiger partial charge in [-0.25, -0.2) is 0 Å². The molecule has 108 valence electrons. The summed E-state index contributed by atoms with van der Waals surface area (Å²) in [5.41, 5.74) is 2.02. The highest BCUT2D eigenvalue weighted by Crippen LogP contribution is 2.40. The van der Waals surface area contributed by atoms with Crippen molar-refractivity contribution in [2.45, 2.75) is 59.0 Å². The molecule has 3 rings (SSSR count). The smallest absolute Gasteiger partial charge is 0.170 e. The van der Waals surface area contributed by atoms with Crippen molar-refractivity contribution in [3.8, 4) is 0 Å². The first-order chi connectivity index (χ1) is 9.58. The lowest BCUT2D eigenvalue weighted by Crippen LogP contribution is -2.31.